The standard InChI is InChI=1S/C19H23NO4/c1-4-5-17(19(22)23)20-18(21)12(2)13-6-7-15-11-16(24-3)9-8-14(15)10-13/h6-12,17H,4-5H2,1-3H3,(H,20,21)(H,22,23)/t12-,17?/m0/s1. The summed E-state index contributed by atoms with van der Waals surface area (Å²) in [4.78, 5) is 23.6. The van der Waals surface area contributed by atoms with Crippen LogP contribution in [0.2, 0.25) is 0 Å². The zero-order chi connectivity index (χ0) is 17.7. The molecule has 0 saturated heterocycles. The van der Waals surface area contributed by atoms with Crippen LogP contribution in [0.25, 0.3) is 10.8 Å². The first-order valence-electron chi connectivity index (χ1n) is 8.07. The number of aliphatic carboxylic acids is 1. The number of rotatable bonds is 7. The fraction of sp³-hybridized carbons (Fsp3) is 0.368. The third kappa shape index (κ3) is 4.04. The Balaban J connectivity index is 2.19. The molecule has 2 aromatic rings. The van der Waals surface area contributed by atoms with Gasteiger partial charge in [-0.3, -0.25) is 4.79 Å². The van der Waals surface area contributed by atoms with Gasteiger partial charge < -0.3 is 15.2 Å². The first-order chi connectivity index (χ1) is 11.5. The van der Waals surface area contributed by atoms with E-state index in [9.17, 15) is 9.59 Å². The van der Waals surface area contributed by atoms with E-state index in [1.54, 1.807) is 14.0 Å². The minimum Gasteiger partial charge on any atom is -0.497 e. The van der Waals surface area contributed by atoms with Crippen LogP contribution in [0.15, 0.2) is 36.4 Å². The predicted octanol–water partition coefficient (Wildman–Crippen LogP) is 3.32. The van der Waals surface area contributed by atoms with E-state index >= 15 is 0 Å². The average molecular weight is 329 g/mol. The number of carboxylic acids is 1. The van der Waals surface area contributed by atoms with E-state index in [2.05, 4.69) is 5.32 Å². The van der Waals surface area contributed by atoms with E-state index in [0.717, 1.165) is 22.1 Å². The second-order valence-electron chi connectivity index (χ2n) is 5.88. The van der Waals surface area contributed by atoms with E-state index in [1.807, 2.05) is 43.3 Å². The Hall–Kier alpha value is -2.56. The van der Waals surface area contributed by atoms with Crippen molar-refractivity contribution in [2.45, 2.75) is 38.6 Å². The number of ether oxygens (including phenoxy) is 1. The summed E-state index contributed by atoms with van der Waals surface area (Å²) in [6.45, 7) is 3.67. The lowest BCUT2D eigenvalue weighted by Crippen LogP contribution is -2.42. The maximum Gasteiger partial charge on any atom is 0.326 e. The second kappa shape index (κ2) is 7.81. The van der Waals surface area contributed by atoms with Gasteiger partial charge in [0, 0.05) is 0 Å². The van der Waals surface area contributed by atoms with Gasteiger partial charge in [-0.05, 0) is 41.8 Å². The molecule has 2 N–H and O–H groups in total. The number of carbonyl (C=O) groups is 2. The molecule has 0 spiro atoms. The summed E-state index contributed by atoms with van der Waals surface area (Å²) in [6.07, 6.45) is 1.12. The topological polar surface area (TPSA) is 75.6 Å². The summed E-state index contributed by atoms with van der Waals surface area (Å²) in [6, 6.07) is 10.7. The summed E-state index contributed by atoms with van der Waals surface area (Å²) in [5.41, 5.74) is 0.853. The van der Waals surface area contributed by atoms with Crippen molar-refractivity contribution in [3.63, 3.8) is 0 Å². The fourth-order valence-corrected chi connectivity index (χ4v) is 2.63. The van der Waals surface area contributed by atoms with Crippen LogP contribution >= 0.6 is 0 Å². The maximum absolute atomic E-state index is 12.4. The molecule has 0 heterocycles. The van der Waals surface area contributed by atoms with Crippen LogP contribution in [-0.2, 0) is 9.59 Å². The molecular formula is C19H23NO4. The van der Waals surface area contributed by atoms with Crippen molar-refractivity contribution in [2.75, 3.05) is 7.11 Å². The lowest BCUT2D eigenvalue weighted by Gasteiger charge is -2.18. The van der Waals surface area contributed by atoms with Gasteiger partial charge >= 0.3 is 5.97 Å². The Bertz CT molecular complexity index is 741. The summed E-state index contributed by atoms with van der Waals surface area (Å²) in [5, 5.41) is 13.8. The van der Waals surface area contributed by atoms with Crippen LogP contribution in [-0.4, -0.2) is 30.1 Å². The van der Waals surface area contributed by atoms with Crippen molar-refractivity contribution in [2.24, 2.45) is 0 Å². The maximum atomic E-state index is 12.4. The Morgan fingerprint density at radius 1 is 1.17 bits per heavy atom. The molecule has 1 amide bonds. The van der Waals surface area contributed by atoms with E-state index in [-0.39, 0.29) is 5.91 Å². The molecule has 0 saturated carbocycles. The normalized spacial score (nSPS) is 13.3. The van der Waals surface area contributed by atoms with Crippen LogP contribution in [0.4, 0.5) is 0 Å². The van der Waals surface area contributed by atoms with Crippen molar-refractivity contribution < 1.29 is 19.4 Å². The second-order valence-corrected chi connectivity index (χ2v) is 5.88. The Morgan fingerprint density at radius 3 is 2.46 bits per heavy atom. The zero-order valence-electron chi connectivity index (χ0n) is 14.2. The molecule has 0 bridgehead atoms. The predicted molar refractivity (Wildman–Crippen MR) is 93.4 cm³/mol. The molecule has 24 heavy (non-hydrogen) atoms. The van der Waals surface area contributed by atoms with Crippen LogP contribution in [0, 0.1) is 0 Å². The number of carboxylic acid groups (broad SMARTS) is 1. The molecule has 0 aliphatic carbocycles. The Kier molecular flexibility index (Phi) is 5.79. The molecule has 5 heteroatoms. The number of amides is 1. The molecule has 2 aromatic carbocycles. The Labute approximate surface area is 141 Å². The third-order valence-corrected chi connectivity index (χ3v) is 4.16. The van der Waals surface area contributed by atoms with Gasteiger partial charge in [0.15, 0.2) is 0 Å². The SMILES string of the molecule is CCCC(NC(=O)[C@@H](C)c1ccc2cc(OC)ccc2c1)C(=O)O. The van der Waals surface area contributed by atoms with Crippen molar-refractivity contribution in [3.05, 3.63) is 42.0 Å². The van der Waals surface area contributed by atoms with Gasteiger partial charge in [-0.15, -0.1) is 0 Å². The van der Waals surface area contributed by atoms with Gasteiger partial charge in [0.25, 0.3) is 0 Å². The molecule has 0 radical (unpaired) electrons. The first kappa shape index (κ1) is 17.8. The fourth-order valence-electron chi connectivity index (χ4n) is 2.63. The number of nitrogens with one attached hydrogen (secondary N) is 1. The molecule has 0 aliphatic heterocycles. The molecule has 0 fully saturated rings. The minimum atomic E-state index is -0.997. The smallest absolute Gasteiger partial charge is 0.326 e. The highest BCUT2D eigenvalue weighted by Crippen LogP contribution is 2.25. The van der Waals surface area contributed by atoms with Gasteiger partial charge in [0.05, 0.1) is 13.0 Å². The number of methoxy groups -OCH3 is 1. The summed E-state index contributed by atoms with van der Waals surface area (Å²) >= 11 is 0. The van der Waals surface area contributed by atoms with Gasteiger partial charge in [0.2, 0.25) is 5.91 Å². The van der Waals surface area contributed by atoms with Crippen LogP contribution in [0.5, 0.6) is 5.75 Å². The van der Waals surface area contributed by atoms with Crippen LogP contribution < -0.4 is 10.1 Å². The van der Waals surface area contributed by atoms with E-state index in [4.69, 9.17) is 9.84 Å². The van der Waals surface area contributed by atoms with Crippen molar-refractivity contribution in [1.29, 1.82) is 0 Å². The van der Waals surface area contributed by atoms with E-state index in [1.165, 1.54) is 0 Å². The van der Waals surface area contributed by atoms with Crippen molar-refractivity contribution in [3.8, 4) is 5.75 Å². The quantitative estimate of drug-likeness (QED) is 0.817. The zero-order valence-corrected chi connectivity index (χ0v) is 14.2. The molecule has 0 aliphatic rings. The average Bonchev–Trinajstić information content (AvgIpc) is 2.59. The monoisotopic (exact) mass is 329 g/mol. The summed E-state index contributed by atoms with van der Waals surface area (Å²) in [7, 11) is 1.62. The molecule has 128 valence electrons. The lowest BCUT2D eigenvalue weighted by molar-refractivity contribution is -0.142. The molecule has 1 unspecified atom stereocenters. The Morgan fingerprint density at radius 2 is 1.83 bits per heavy atom. The van der Waals surface area contributed by atoms with Crippen LogP contribution in [0.1, 0.15) is 38.2 Å². The first-order valence-corrected chi connectivity index (χ1v) is 8.07. The molecular weight excluding hydrogens is 306 g/mol. The number of hydrogen-bond donors (Lipinski definition) is 2. The number of benzene rings is 2. The summed E-state index contributed by atoms with van der Waals surface area (Å²) < 4.78 is 5.21. The van der Waals surface area contributed by atoms with Crippen LogP contribution in [0.3, 0.4) is 0 Å². The van der Waals surface area contributed by atoms with Crippen molar-refractivity contribution >= 4 is 22.6 Å². The van der Waals surface area contributed by atoms with Gasteiger partial charge in [-0.25, -0.2) is 4.79 Å². The van der Waals surface area contributed by atoms with Gasteiger partial charge in [-0.2, -0.15) is 0 Å². The van der Waals surface area contributed by atoms with Crippen molar-refractivity contribution in [1.82, 2.24) is 5.32 Å². The molecule has 5 nitrogen and oxygen atoms in total. The highest BCUT2D eigenvalue weighted by atomic mass is 16.5. The van der Waals surface area contributed by atoms with Gasteiger partial charge in [0.1, 0.15) is 11.8 Å². The number of hydrogen-bond acceptors (Lipinski definition) is 3. The molecule has 2 atom stereocenters. The number of fused-ring (bicyclic) bond motifs is 1. The third-order valence-electron chi connectivity index (χ3n) is 4.16. The van der Waals surface area contributed by atoms with Gasteiger partial charge in [-0.1, -0.05) is 37.6 Å². The lowest BCUT2D eigenvalue weighted by atomic mass is 9.96. The number of carbonyl (C=O) groups excluding carboxylic acids is 1. The van der Waals surface area contributed by atoms with E-state index < -0.39 is 17.9 Å². The largest absolute Gasteiger partial charge is 0.497 e. The highest BCUT2D eigenvalue weighted by molar-refractivity contribution is 5.90. The minimum absolute atomic E-state index is 0.274. The summed E-state index contributed by atoms with van der Waals surface area (Å²) in [5.74, 6) is -0.910. The van der Waals surface area contributed by atoms with E-state index in [0.29, 0.717) is 12.8 Å². The highest BCUT2D eigenvalue weighted by Gasteiger charge is 2.23. The molecule has 0 aromatic heterocycles. The molecule has 2 rings (SSSR count).